The van der Waals surface area contributed by atoms with Crippen LogP contribution in [-0.4, -0.2) is 22.6 Å². The van der Waals surface area contributed by atoms with Crippen LogP contribution in [0.3, 0.4) is 0 Å². The predicted molar refractivity (Wildman–Crippen MR) is 72.5 cm³/mol. The number of rotatable bonds is 4. The minimum Gasteiger partial charge on any atom is -0.477 e. The molecular formula is C14H18O4S. The second-order valence-electron chi connectivity index (χ2n) is 6.03. The van der Waals surface area contributed by atoms with Gasteiger partial charge in [-0.25, -0.2) is 4.79 Å². The monoisotopic (exact) mass is 282 g/mol. The van der Waals surface area contributed by atoms with Gasteiger partial charge in [0.25, 0.3) is 0 Å². The van der Waals surface area contributed by atoms with Crippen LogP contribution < -0.4 is 0 Å². The van der Waals surface area contributed by atoms with Crippen LogP contribution in [0.4, 0.5) is 0 Å². The molecule has 0 aliphatic heterocycles. The molecule has 0 amide bonds. The SMILES string of the molecule is CC(C)(C)OC(=O)C1(Cc2ccc(C(=O)O)s2)CC1. The zero-order chi connectivity index (χ0) is 14.3. The van der Waals surface area contributed by atoms with Crippen molar-refractivity contribution in [2.45, 2.75) is 45.6 Å². The number of hydrogen-bond donors (Lipinski definition) is 1. The first-order valence-corrected chi connectivity index (χ1v) is 7.09. The first kappa shape index (κ1) is 14.1. The van der Waals surface area contributed by atoms with Gasteiger partial charge in [0.15, 0.2) is 0 Å². The van der Waals surface area contributed by atoms with Crippen LogP contribution in [0.2, 0.25) is 0 Å². The molecule has 0 spiro atoms. The van der Waals surface area contributed by atoms with Crippen molar-refractivity contribution in [1.82, 2.24) is 0 Å². The number of esters is 1. The number of carboxylic acid groups (broad SMARTS) is 1. The number of thiophene rings is 1. The fourth-order valence-corrected chi connectivity index (χ4v) is 2.90. The fraction of sp³-hybridized carbons (Fsp3) is 0.571. The molecule has 0 unspecified atom stereocenters. The molecule has 1 aromatic rings. The largest absolute Gasteiger partial charge is 0.477 e. The van der Waals surface area contributed by atoms with E-state index < -0.39 is 17.0 Å². The van der Waals surface area contributed by atoms with Crippen LogP contribution >= 0.6 is 11.3 Å². The Bertz CT molecular complexity index is 506. The number of hydrogen-bond acceptors (Lipinski definition) is 4. The second kappa shape index (κ2) is 4.63. The quantitative estimate of drug-likeness (QED) is 0.862. The Morgan fingerprint density at radius 1 is 1.37 bits per heavy atom. The number of ether oxygens (including phenoxy) is 1. The molecule has 1 fully saturated rings. The van der Waals surface area contributed by atoms with Crippen LogP contribution in [0.15, 0.2) is 12.1 Å². The molecule has 0 saturated heterocycles. The molecule has 0 bridgehead atoms. The molecule has 0 aromatic carbocycles. The molecule has 4 nitrogen and oxygen atoms in total. The maximum absolute atomic E-state index is 12.2. The molecule has 19 heavy (non-hydrogen) atoms. The van der Waals surface area contributed by atoms with Crippen molar-refractivity contribution in [3.8, 4) is 0 Å². The van der Waals surface area contributed by atoms with Gasteiger partial charge in [-0.1, -0.05) is 0 Å². The maximum Gasteiger partial charge on any atom is 0.345 e. The smallest absolute Gasteiger partial charge is 0.345 e. The molecule has 1 aliphatic rings. The average Bonchev–Trinajstić information content (AvgIpc) is 2.86. The predicted octanol–water partition coefficient (Wildman–Crippen LogP) is 3.11. The molecule has 2 rings (SSSR count). The number of carbonyl (C=O) groups is 2. The third kappa shape index (κ3) is 3.35. The van der Waals surface area contributed by atoms with Gasteiger partial charge in [0.2, 0.25) is 0 Å². The molecule has 1 saturated carbocycles. The van der Waals surface area contributed by atoms with Crippen molar-refractivity contribution in [3.63, 3.8) is 0 Å². The minimum absolute atomic E-state index is 0.162. The van der Waals surface area contributed by atoms with Gasteiger partial charge in [-0.05, 0) is 52.2 Å². The molecular weight excluding hydrogens is 264 g/mol. The fourth-order valence-electron chi connectivity index (χ4n) is 1.91. The van der Waals surface area contributed by atoms with Crippen molar-refractivity contribution >= 4 is 23.3 Å². The Labute approximate surface area is 116 Å². The zero-order valence-corrected chi connectivity index (χ0v) is 12.2. The number of carboxylic acids is 1. The summed E-state index contributed by atoms with van der Waals surface area (Å²) in [6.07, 6.45) is 2.23. The lowest BCUT2D eigenvalue weighted by Crippen LogP contribution is -2.30. The van der Waals surface area contributed by atoms with Gasteiger partial charge in [-0.2, -0.15) is 0 Å². The summed E-state index contributed by atoms with van der Waals surface area (Å²) in [5, 5.41) is 8.89. The molecule has 1 N–H and O–H groups in total. The van der Waals surface area contributed by atoms with Gasteiger partial charge in [-0.3, -0.25) is 4.79 Å². The van der Waals surface area contributed by atoms with E-state index in [0.29, 0.717) is 11.3 Å². The summed E-state index contributed by atoms with van der Waals surface area (Å²) in [7, 11) is 0. The van der Waals surface area contributed by atoms with Crippen molar-refractivity contribution in [2.75, 3.05) is 0 Å². The van der Waals surface area contributed by atoms with E-state index in [1.54, 1.807) is 12.1 Å². The highest BCUT2D eigenvalue weighted by molar-refractivity contribution is 7.13. The lowest BCUT2D eigenvalue weighted by atomic mass is 10.0. The summed E-state index contributed by atoms with van der Waals surface area (Å²) in [5.41, 5.74) is -0.901. The second-order valence-corrected chi connectivity index (χ2v) is 7.20. The summed E-state index contributed by atoms with van der Waals surface area (Å²) in [6, 6.07) is 3.38. The van der Waals surface area contributed by atoms with E-state index in [0.717, 1.165) is 17.7 Å². The standard InChI is InChI=1S/C14H18O4S/c1-13(2,3)18-12(17)14(6-7-14)8-9-4-5-10(19-9)11(15)16/h4-5H,6-8H2,1-3H3,(H,15,16). The van der Waals surface area contributed by atoms with Crippen LogP contribution in [-0.2, 0) is 16.0 Å². The van der Waals surface area contributed by atoms with Crippen LogP contribution in [0.25, 0.3) is 0 Å². The topological polar surface area (TPSA) is 63.6 Å². The summed E-state index contributed by atoms with van der Waals surface area (Å²) in [4.78, 5) is 24.2. The van der Waals surface area contributed by atoms with Crippen LogP contribution in [0.5, 0.6) is 0 Å². The Hall–Kier alpha value is -1.36. The van der Waals surface area contributed by atoms with Gasteiger partial charge in [0.1, 0.15) is 10.5 Å². The summed E-state index contributed by atoms with van der Waals surface area (Å²) < 4.78 is 5.44. The molecule has 1 aliphatic carbocycles. The number of aromatic carboxylic acids is 1. The third-order valence-electron chi connectivity index (χ3n) is 3.07. The van der Waals surface area contributed by atoms with E-state index in [1.165, 1.54) is 11.3 Å². The molecule has 0 radical (unpaired) electrons. The van der Waals surface area contributed by atoms with E-state index in [2.05, 4.69) is 0 Å². The Morgan fingerprint density at radius 2 is 2.00 bits per heavy atom. The van der Waals surface area contributed by atoms with Crippen molar-refractivity contribution in [1.29, 1.82) is 0 Å². The van der Waals surface area contributed by atoms with Gasteiger partial charge in [0.05, 0.1) is 5.41 Å². The van der Waals surface area contributed by atoms with E-state index in [1.807, 2.05) is 20.8 Å². The summed E-state index contributed by atoms with van der Waals surface area (Å²) in [5.74, 6) is -1.08. The third-order valence-corrected chi connectivity index (χ3v) is 4.14. The van der Waals surface area contributed by atoms with Crippen LogP contribution in [0, 0.1) is 5.41 Å². The van der Waals surface area contributed by atoms with Crippen LogP contribution in [0.1, 0.15) is 48.2 Å². The molecule has 0 atom stereocenters. The van der Waals surface area contributed by atoms with Crippen molar-refractivity contribution in [2.24, 2.45) is 5.41 Å². The Kier molecular flexibility index (Phi) is 3.43. The van der Waals surface area contributed by atoms with E-state index in [4.69, 9.17) is 9.84 Å². The first-order valence-electron chi connectivity index (χ1n) is 6.27. The summed E-state index contributed by atoms with van der Waals surface area (Å²) in [6.45, 7) is 5.57. The summed E-state index contributed by atoms with van der Waals surface area (Å²) >= 11 is 1.24. The van der Waals surface area contributed by atoms with E-state index in [9.17, 15) is 9.59 Å². The zero-order valence-electron chi connectivity index (χ0n) is 11.4. The highest BCUT2D eigenvalue weighted by Crippen LogP contribution is 2.50. The molecule has 5 heteroatoms. The van der Waals surface area contributed by atoms with Gasteiger partial charge >= 0.3 is 11.9 Å². The number of carbonyl (C=O) groups excluding carboxylic acids is 1. The molecule has 1 heterocycles. The first-order chi connectivity index (χ1) is 8.72. The van der Waals surface area contributed by atoms with Gasteiger partial charge < -0.3 is 9.84 Å². The Morgan fingerprint density at radius 3 is 2.42 bits per heavy atom. The highest BCUT2D eigenvalue weighted by Gasteiger charge is 2.52. The average molecular weight is 282 g/mol. The van der Waals surface area contributed by atoms with Crippen molar-refractivity contribution in [3.05, 3.63) is 21.9 Å². The lowest BCUT2D eigenvalue weighted by molar-refractivity contribution is -0.161. The maximum atomic E-state index is 12.2. The minimum atomic E-state index is -0.918. The van der Waals surface area contributed by atoms with E-state index in [-0.39, 0.29) is 5.97 Å². The molecule has 104 valence electrons. The lowest BCUT2D eigenvalue weighted by Gasteiger charge is -2.23. The highest BCUT2D eigenvalue weighted by atomic mass is 32.1. The van der Waals surface area contributed by atoms with Crippen molar-refractivity contribution < 1.29 is 19.4 Å². The van der Waals surface area contributed by atoms with Gasteiger partial charge in [-0.15, -0.1) is 11.3 Å². The Balaban J connectivity index is 2.05. The molecule has 1 aromatic heterocycles. The van der Waals surface area contributed by atoms with E-state index >= 15 is 0 Å². The normalized spacial score (nSPS) is 17.0. The van der Waals surface area contributed by atoms with Gasteiger partial charge in [0, 0.05) is 4.88 Å².